The third kappa shape index (κ3) is 4.56. The highest BCUT2D eigenvalue weighted by Gasteiger charge is 2.16. The van der Waals surface area contributed by atoms with Gasteiger partial charge in [0.25, 0.3) is 0 Å². The van der Waals surface area contributed by atoms with Crippen molar-refractivity contribution in [3.05, 3.63) is 59.4 Å². The van der Waals surface area contributed by atoms with Gasteiger partial charge in [-0.3, -0.25) is 0 Å². The maximum atomic E-state index is 13.0. The van der Waals surface area contributed by atoms with Crippen molar-refractivity contribution in [2.75, 3.05) is 12.3 Å². The van der Waals surface area contributed by atoms with Gasteiger partial charge in [-0.25, -0.2) is 17.5 Å². The van der Waals surface area contributed by atoms with Gasteiger partial charge in [-0.15, -0.1) is 11.8 Å². The minimum absolute atomic E-state index is 0.120. The lowest BCUT2D eigenvalue weighted by atomic mass is 10.2. The van der Waals surface area contributed by atoms with Gasteiger partial charge in [0.2, 0.25) is 10.0 Å². The molecule has 3 nitrogen and oxygen atoms in total. The van der Waals surface area contributed by atoms with Crippen molar-refractivity contribution < 1.29 is 12.8 Å². The maximum absolute atomic E-state index is 13.0. The first-order chi connectivity index (χ1) is 10.4. The van der Waals surface area contributed by atoms with Crippen molar-refractivity contribution in [2.45, 2.75) is 23.6 Å². The molecular weight excluding hydrogens is 321 g/mol. The molecule has 0 fully saturated rings. The number of aryl methyl sites for hydroxylation is 2. The fourth-order valence-corrected chi connectivity index (χ4v) is 4.13. The summed E-state index contributed by atoms with van der Waals surface area (Å²) in [5.74, 6) is 0.189. The topological polar surface area (TPSA) is 46.2 Å². The van der Waals surface area contributed by atoms with Gasteiger partial charge in [0, 0.05) is 17.2 Å². The zero-order valence-electron chi connectivity index (χ0n) is 12.5. The first kappa shape index (κ1) is 17.0. The zero-order valence-corrected chi connectivity index (χ0v) is 14.1. The van der Waals surface area contributed by atoms with E-state index in [1.165, 1.54) is 17.7 Å². The van der Waals surface area contributed by atoms with Gasteiger partial charge < -0.3 is 0 Å². The molecule has 6 heteroatoms. The van der Waals surface area contributed by atoms with Gasteiger partial charge in [0.1, 0.15) is 5.82 Å². The molecule has 0 radical (unpaired) electrons. The number of sulfonamides is 1. The number of halogens is 1. The number of nitrogens with one attached hydrogen (secondary N) is 1. The highest BCUT2D eigenvalue weighted by atomic mass is 32.2. The van der Waals surface area contributed by atoms with Crippen LogP contribution >= 0.6 is 11.8 Å². The van der Waals surface area contributed by atoms with E-state index < -0.39 is 15.8 Å². The van der Waals surface area contributed by atoms with Crippen LogP contribution in [0.5, 0.6) is 0 Å². The molecule has 1 N–H and O–H groups in total. The van der Waals surface area contributed by atoms with Crippen LogP contribution in [-0.4, -0.2) is 20.7 Å². The average molecular weight is 339 g/mol. The van der Waals surface area contributed by atoms with Crippen LogP contribution in [0.2, 0.25) is 0 Å². The third-order valence-corrected chi connectivity index (χ3v) is 5.75. The van der Waals surface area contributed by atoms with Crippen molar-refractivity contribution >= 4 is 21.8 Å². The Bertz CT molecular complexity index is 743. The Morgan fingerprint density at radius 2 is 1.77 bits per heavy atom. The number of rotatable bonds is 6. The van der Waals surface area contributed by atoms with Gasteiger partial charge in [-0.05, 0) is 49.7 Å². The van der Waals surface area contributed by atoms with Gasteiger partial charge in [0.15, 0.2) is 0 Å². The summed E-state index contributed by atoms with van der Waals surface area (Å²) in [5, 5.41) is 0. The van der Waals surface area contributed by atoms with Crippen molar-refractivity contribution in [1.82, 2.24) is 4.72 Å². The molecule has 0 atom stereocenters. The molecule has 0 heterocycles. The van der Waals surface area contributed by atoms with E-state index in [1.54, 1.807) is 18.7 Å². The smallest absolute Gasteiger partial charge is 0.210 e. The van der Waals surface area contributed by atoms with Crippen molar-refractivity contribution in [2.24, 2.45) is 0 Å². The predicted molar refractivity (Wildman–Crippen MR) is 88.2 cm³/mol. The lowest BCUT2D eigenvalue weighted by Crippen LogP contribution is -2.26. The Kier molecular flexibility index (Phi) is 5.61. The summed E-state index contributed by atoms with van der Waals surface area (Å²) in [6.07, 6.45) is 0. The second-order valence-corrected chi connectivity index (χ2v) is 7.87. The molecule has 0 saturated carbocycles. The minimum atomic E-state index is -3.60. The van der Waals surface area contributed by atoms with Gasteiger partial charge >= 0.3 is 0 Å². The summed E-state index contributed by atoms with van der Waals surface area (Å²) in [4.78, 5) is 1.22. The summed E-state index contributed by atoms with van der Waals surface area (Å²) >= 11 is 1.58. The number of hydrogen-bond donors (Lipinski definition) is 1. The van der Waals surface area contributed by atoms with Gasteiger partial charge in [0.05, 0.1) is 4.90 Å². The first-order valence-corrected chi connectivity index (χ1v) is 9.31. The molecule has 0 amide bonds. The van der Waals surface area contributed by atoms with E-state index in [2.05, 4.69) is 4.72 Å². The second kappa shape index (κ2) is 7.26. The first-order valence-electron chi connectivity index (χ1n) is 6.84. The lowest BCUT2D eigenvalue weighted by Gasteiger charge is -2.09. The van der Waals surface area contributed by atoms with Crippen LogP contribution in [0.4, 0.5) is 4.39 Å². The van der Waals surface area contributed by atoms with Gasteiger partial charge in [-0.1, -0.05) is 17.7 Å². The predicted octanol–water partition coefficient (Wildman–Crippen LogP) is 3.51. The molecule has 0 saturated heterocycles. The SMILES string of the molecule is Cc1ccc(SCCNS(=O)(=O)c2ccc(F)cc2C)cc1. The average Bonchev–Trinajstić information content (AvgIpc) is 2.45. The summed E-state index contributed by atoms with van der Waals surface area (Å²) in [6, 6.07) is 11.7. The third-order valence-electron chi connectivity index (χ3n) is 3.11. The molecule has 0 unspecified atom stereocenters. The number of benzene rings is 2. The molecule has 0 aromatic heterocycles. The standard InChI is InChI=1S/C16H18FNO2S2/c1-12-3-6-15(7-4-12)21-10-9-18-22(19,20)16-8-5-14(17)11-13(16)2/h3-8,11,18H,9-10H2,1-2H3. The fourth-order valence-electron chi connectivity index (χ4n) is 1.97. The van der Waals surface area contributed by atoms with E-state index in [0.29, 0.717) is 17.9 Å². The Hall–Kier alpha value is -1.37. The quantitative estimate of drug-likeness (QED) is 0.647. The van der Waals surface area contributed by atoms with Crippen LogP contribution in [0, 0.1) is 19.7 Å². The van der Waals surface area contributed by atoms with Crippen LogP contribution < -0.4 is 4.72 Å². The van der Waals surface area contributed by atoms with Crippen LogP contribution in [0.25, 0.3) is 0 Å². The van der Waals surface area contributed by atoms with Crippen LogP contribution in [-0.2, 0) is 10.0 Å². The monoisotopic (exact) mass is 339 g/mol. The normalized spacial score (nSPS) is 11.6. The Morgan fingerprint density at radius 3 is 2.41 bits per heavy atom. The molecule has 2 rings (SSSR count). The molecule has 2 aromatic carbocycles. The molecule has 0 aliphatic heterocycles. The van der Waals surface area contributed by atoms with E-state index in [1.807, 2.05) is 31.2 Å². The molecule has 0 aliphatic rings. The number of hydrogen-bond acceptors (Lipinski definition) is 3. The van der Waals surface area contributed by atoms with E-state index >= 15 is 0 Å². The Labute approximate surface area is 135 Å². The highest BCUT2D eigenvalue weighted by Crippen LogP contribution is 2.19. The largest absolute Gasteiger partial charge is 0.240 e. The second-order valence-electron chi connectivity index (χ2n) is 4.97. The van der Waals surface area contributed by atoms with E-state index in [-0.39, 0.29) is 4.90 Å². The highest BCUT2D eigenvalue weighted by molar-refractivity contribution is 7.99. The van der Waals surface area contributed by atoms with Gasteiger partial charge in [-0.2, -0.15) is 0 Å². The molecule has 0 aliphatic carbocycles. The van der Waals surface area contributed by atoms with Crippen LogP contribution in [0.15, 0.2) is 52.3 Å². The minimum Gasteiger partial charge on any atom is -0.210 e. The van der Waals surface area contributed by atoms with Crippen molar-refractivity contribution in [3.63, 3.8) is 0 Å². The molecule has 0 bridgehead atoms. The molecular formula is C16H18FNO2S2. The summed E-state index contributed by atoms with van der Waals surface area (Å²) in [6.45, 7) is 3.92. The lowest BCUT2D eigenvalue weighted by molar-refractivity contribution is 0.582. The molecule has 2 aromatic rings. The summed E-state index contributed by atoms with van der Waals surface area (Å²) < 4.78 is 39.9. The van der Waals surface area contributed by atoms with Crippen molar-refractivity contribution in [1.29, 1.82) is 0 Å². The van der Waals surface area contributed by atoms with Crippen LogP contribution in [0.3, 0.4) is 0 Å². The summed E-state index contributed by atoms with van der Waals surface area (Å²) in [5.41, 5.74) is 1.59. The molecule has 22 heavy (non-hydrogen) atoms. The Balaban J connectivity index is 1.91. The van der Waals surface area contributed by atoms with E-state index in [4.69, 9.17) is 0 Å². The van der Waals surface area contributed by atoms with Crippen molar-refractivity contribution in [3.8, 4) is 0 Å². The zero-order chi connectivity index (χ0) is 16.2. The van der Waals surface area contributed by atoms with E-state index in [0.717, 1.165) is 11.0 Å². The summed E-state index contributed by atoms with van der Waals surface area (Å²) in [7, 11) is -3.60. The Morgan fingerprint density at radius 1 is 1.09 bits per heavy atom. The van der Waals surface area contributed by atoms with E-state index in [9.17, 15) is 12.8 Å². The molecule has 0 spiro atoms. The maximum Gasteiger partial charge on any atom is 0.240 e. The number of thioether (sulfide) groups is 1. The molecule has 118 valence electrons. The fraction of sp³-hybridized carbons (Fsp3) is 0.250. The van der Waals surface area contributed by atoms with Crippen LogP contribution in [0.1, 0.15) is 11.1 Å².